The molecule has 0 atom stereocenters. The van der Waals surface area contributed by atoms with E-state index in [1.165, 1.54) is 0 Å². The second-order valence-corrected chi connectivity index (χ2v) is 11.7. The van der Waals surface area contributed by atoms with Gasteiger partial charge in [-0.15, -0.1) is 0 Å². The Labute approximate surface area is 139 Å². The van der Waals surface area contributed by atoms with Crippen molar-refractivity contribution in [3.63, 3.8) is 0 Å². The van der Waals surface area contributed by atoms with Crippen LogP contribution in [0.3, 0.4) is 0 Å². The van der Waals surface area contributed by atoms with Gasteiger partial charge in [0, 0.05) is 6.54 Å². The van der Waals surface area contributed by atoms with Crippen LogP contribution in [-0.4, -0.2) is 37.7 Å². The van der Waals surface area contributed by atoms with Gasteiger partial charge in [0.25, 0.3) is 0 Å². The molecule has 0 aliphatic rings. The molecule has 0 aliphatic carbocycles. The maximum absolute atomic E-state index is 11.3. The summed E-state index contributed by atoms with van der Waals surface area (Å²) in [5.74, 6) is 0. The summed E-state index contributed by atoms with van der Waals surface area (Å²) in [7, 11) is -1.82. The molecule has 0 fully saturated rings. The number of hydrogen-bond acceptors (Lipinski definition) is 5. The summed E-state index contributed by atoms with van der Waals surface area (Å²) >= 11 is 0. The van der Waals surface area contributed by atoms with Crippen LogP contribution in [0.5, 0.6) is 0 Å². The molecular formula is C16H28N2O4Si. The van der Waals surface area contributed by atoms with Gasteiger partial charge in [0.15, 0.2) is 8.32 Å². The first-order chi connectivity index (χ1) is 10.7. The third-order valence-electron chi connectivity index (χ3n) is 3.98. The third-order valence-corrected chi connectivity index (χ3v) is 8.46. The van der Waals surface area contributed by atoms with Crippen LogP contribution in [0.25, 0.3) is 0 Å². The monoisotopic (exact) mass is 340 g/mol. The number of nitrogens with one attached hydrogen (secondary N) is 1. The van der Waals surface area contributed by atoms with Crippen molar-refractivity contribution in [2.75, 3.05) is 13.2 Å². The Hall–Kier alpha value is -1.44. The van der Waals surface area contributed by atoms with Crippen molar-refractivity contribution in [2.24, 2.45) is 0 Å². The van der Waals surface area contributed by atoms with Gasteiger partial charge in [0.2, 0.25) is 0 Å². The Balaban J connectivity index is 2.55. The predicted molar refractivity (Wildman–Crippen MR) is 91.5 cm³/mol. The van der Waals surface area contributed by atoms with Crippen LogP contribution in [0.15, 0.2) is 18.2 Å². The molecule has 1 rings (SSSR count). The maximum Gasteiger partial charge on any atom is 0.407 e. The predicted octanol–water partition coefficient (Wildman–Crippen LogP) is 2.82. The van der Waals surface area contributed by atoms with Gasteiger partial charge in [-0.2, -0.15) is 0 Å². The molecule has 23 heavy (non-hydrogen) atoms. The molecular weight excluding hydrogens is 312 g/mol. The number of pyridine rings is 1. The number of rotatable bonds is 7. The molecule has 2 N–H and O–H groups in total. The molecule has 0 spiro atoms. The number of alkyl carbamates (subject to hydrolysis) is 1. The lowest BCUT2D eigenvalue weighted by Crippen LogP contribution is -2.40. The topological polar surface area (TPSA) is 80.7 Å². The Morgan fingerprint density at radius 3 is 2.43 bits per heavy atom. The zero-order valence-electron chi connectivity index (χ0n) is 14.7. The molecule has 6 nitrogen and oxygen atoms in total. The van der Waals surface area contributed by atoms with Gasteiger partial charge in [-0.3, -0.25) is 4.98 Å². The number of carbonyl (C=O) groups is 1. The second kappa shape index (κ2) is 8.42. The van der Waals surface area contributed by atoms with Crippen molar-refractivity contribution >= 4 is 14.4 Å². The highest BCUT2D eigenvalue weighted by Gasteiger charge is 2.37. The smallest absolute Gasteiger partial charge is 0.407 e. The lowest BCUT2D eigenvalue weighted by molar-refractivity contribution is 0.135. The van der Waals surface area contributed by atoms with Gasteiger partial charge in [0.05, 0.1) is 24.6 Å². The highest BCUT2D eigenvalue weighted by molar-refractivity contribution is 6.74. The lowest BCUT2D eigenvalue weighted by Gasteiger charge is -2.36. The molecule has 1 aromatic heterocycles. The molecule has 0 aromatic carbocycles. The fourth-order valence-electron chi connectivity index (χ4n) is 1.51. The number of amides is 1. The summed E-state index contributed by atoms with van der Waals surface area (Å²) < 4.78 is 11.2. The molecule has 1 heterocycles. The minimum absolute atomic E-state index is 0.0885. The van der Waals surface area contributed by atoms with Crippen molar-refractivity contribution in [3.05, 3.63) is 29.6 Å². The minimum Gasteiger partial charge on any atom is -0.443 e. The maximum atomic E-state index is 11.3. The van der Waals surface area contributed by atoms with Gasteiger partial charge < -0.3 is 19.6 Å². The van der Waals surface area contributed by atoms with Gasteiger partial charge in [0.1, 0.15) is 6.61 Å². The average molecular weight is 340 g/mol. The van der Waals surface area contributed by atoms with E-state index in [1.54, 1.807) is 6.07 Å². The van der Waals surface area contributed by atoms with Crippen LogP contribution in [-0.2, 0) is 22.4 Å². The van der Waals surface area contributed by atoms with Crippen LogP contribution in [0, 0.1) is 0 Å². The molecule has 0 saturated carbocycles. The summed E-state index contributed by atoms with van der Waals surface area (Å²) in [6.45, 7) is 11.6. The summed E-state index contributed by atoms with van der Waals surface area (Å²) in [5, 5.41) is 11.2. The first-order valence-electron chi connectivity index (χ1n) is 7.76. The number of nitrogens with zero attached hydrogens (tertiary/aromatic N) is 1. The molecule has 130 valence electrons. The van der Waals surface area contributed by atoms with Crippen LogP contribution in [0.2, 0.25) is 18.1 Å². The molecule has 0 saturated heterocycles. The van der Waals surface area contributed by atoms with E-state index in [0.29, 0.717) is 12.3 Å². The van der Waals surface area contributed by atoms with E-state index in [2.05, 4.69) is 44.2 Å². The number of carbonyl (C=O) groups excluding carboxylic acids is 1. The van der Waals surface area contributed by atoms with Crippen molar-refractivity contribution in [1.82, 2.24) is 10.3 Å². The van der Waals surface area contributed by atoms with E-state index in [0.717, 1.165) is 5.69 Å². The number of hydrogen-bond donors (Lipinski definition) is 2. The van der Waals surface area contributed by atoms with Gasteiger partial charge in [-0.1, -0.05) is 26.8 Å². The standard InChI is InChI=1S/C16H28N2O4Si/c1-16(2,3)23(4,5)22-12-14-8-6-7-13(18-14)11-21-15(20)17-9-10-19/h6-8,19H,9-12H2,1-5H3,(H,17,20). The third kappa shape index (κ3) is 6.68. The Morgan fingerprint density at radius 1 is 1.26 bits per heavy atom. The lowest BCUT2D eigenvalue weighted by atomic mass is 10.2. The highest BCUT2D eigenvalue weighted by atomic mass is 28.4. The van der Waals surface area contributed by atoms with Crippen molar-refractivity contribution < 1.29 is 19.1 Å². The van der Waals surface area contributed by atoms with Crippen molar-refractivity contribution in [2.45, 2.75) is 52.1 Å². The van der Waals surface area contributed by atoms with E-state index in [4.69, 9.17) is 14.3 Å². The molecule has 0 radical (unpaired) electrons. The molecule has 7 heteroatoms. The quantitative estimate of drug-likeness (QED) is 0.746. The van der Waals surface area contributed by atoms with Crippen molar-refractivity contribution in [1.29, 1.82) is 0 Å². The highest BCUT2D eigenvalue weighted by Crippen LogP contribution is 2.36. The van der Waals surface area contributed by atoms with E-state index in [-0.39, 0.29) is 24.8 Å². The van der Waals surface area contributed by atoms with Gasteiger partial charge in [-0.05, 0) is 30.3 Å². The van der Waals surface area contributed by atoms with Crippen LogP contribution >= 0.6 is 0 Å². The Bertz CT molecular complexity index is 515. The zero-order valence-corrected chi connectivity index (χ0v) is 15.7. The molecule has 1 aromatic rings. The summed E-state index contributed by atoms with van der Waals surface area (Å²) in [5.41, 5.74) is 1.49. The van der Waals surface area contributed by atoms with E-state index < -0.39 is 14.4 Å². The number of aliphatic hydroxyl groups is 1. The first kappa shape index (κ1) is 19.6. The van der Waals surface area contributed by atoms with Crippen LogP contribution in [0.1, 0.15) is 32.2 Å². The molecule has 0 bridgehead atoms. The zero-order chi connectivity index (χ0) is 17.5. The SMILES string of the molecule is CC(C)(C)[Si](C)(C)OCc1cccc(COC(=O)NCCO)n1. The summed E-state index contributed by atoms with van der Waals surface area (Å²) in [4.78, 5) is 15.8. The van der Waals surface area contributed by atoms with E-state index in [9.17, 15) is 4.79 Å². The summed E-state index contributed by atoms with van der Waals surface area (Å²) in [6.07, 6.45) is -0.566. The number of aromatic nitrogens is 1. The summed E-state index contributed by atoms with van der Waals surface area (Å²) in [6, 6.07) is 5.58. The fraction of sp³-hybridized carbons (Fsp3) is 0.625. The molecule has 1 amide bonds. The Kier molecular flexibility index (Phi) is 7.18. The fourth-order valence-corrected chi connectivity index (χ4v) is 2.45. The minimum atomic E-state index is -1.82. The molecule has 0 aliphatic heterocycles. The Morgan fingerprint density at radius 2 is 1.87 bits per heavy atom. The largest absolute Gasteiger partial charge is 0.443 e. The number of aliphatic hydroxyl groups excluding tert-OH is 1. The van der Waals surface area contributed by atoms with E-state index in [1.807, 2.05) is 12.1 Å². The van der Waals surface area contributed by atoms with Crippen molar-refractivity contribution in [3.8, 4) is 0 Å². The number of ether oxygens (including phenoxy) is 1. The first-order valence-corrected chi connectivity index (χ1v) is 10.7. The van der Waals surface area contributed by atoms with Crippen LogP contribution < -0.4 is 5.32 Å². The van der Waals surface area contributed by atoms with E-state index >= 15 is 0 Å². The van der Waals surface area contributed by atoms with Gasteiger partial charge >= 0.3 is 6.09 Å². The van der Waals surface area contributed by atoms with Crippen LogP contribution in [0.4, 0.5) is 4.79 Å². The van der Waals surface area contributed by atoms with Gasteiger partial charge in [-0.25, -0.2) is 4.79 Å². The second-order valence-electron chi connectivity index (χ2n) is 6.90. The normalized spacial score (nSPS) is 12.1. The average Bonchev–Trinajstić information content (AvgIpc) is 2.48. The molecule has 0 unspecified atom stereocenters.